The van der Waals surface area contributed by atoms with Crippen LogP contribution in [0.15, 0.2) is 5.16 Å². The molecular weight excluding hydrogens is 242 g/mol. The molecule has 0 spiro atoms. The Morgan fingerprint density at radius 1 is 1.60 bits per heavy atom. The molecule has 0 bridgehead atoms. The second kappa shape index (κ2) is 4.91. The molecule has 1 aromatic rings. The fourth-order valence-corrected chi connectivity index (χ4v) is 1.54. The minimum absolute atomic E-state index is 0.0890. The standard InChI is InChI=1S/C7H12ClN3O3S/c1-5(14-2)3-4-6-9-7(11-10-6)15(8,12)13/h5H,3-4H2,1-2H3,(H,9,10,11). The van der Waals surface area contributed by atoms with E-state index in [1.165, 1.54) is 0 Å². The molecule has 1 rings (SSSR count). The van der Waals surface area contributed by atoms with Crippen molar-refractivity contribution < 1.29 is 13.2 Å². The predicted octanol–water partition coefficient (Wildman–Crippen LogP) is 0.700. The number of nitrogens with one attached hydrogen (secondary N) is 1. The van der Waals surface area contributed by atoms with Crippen LogP contribution >= 0.6 is 10.7 Å². The molecule has 0 aromatic carbocycles. The van der Waals surface area contributed by atoms with Crippen molar-refractivity contribution in [2.75, 3.05) is 7.11 Å². The van der Waals surface area contributed by atoms with Crippen LogP contribution in [0.2, 0.25) is 0 Å². The van der Waals surface area contributed by atoms with Gasteiger partial charge in [0.2, 0.25) is 0 Å². The minimum atomic E-state index is -3.84. The monoisotopic (exact) mass is 253 g/mol. The van der Waals surface area contributed by atoms with E-state index in [9.17, 15) is 8.42 Å². The summed E-state index contributed by atoms with van der Waals surface area (Å²) < 4.78 is 26.7. The van der Waals surface area contributed by atoms with E-state index in [1.54, 1.807) is 7.11 Å². The first-order chi connectivity index (χ1) is 6.93. The molecule has 0 aliphatic rings. The van der Waals surface area contributed by atoms with Gasteiger partial charge in [-0.25, -0.2) is 13.4 Å². The molecule has 0 saturated heterocycles. The van der Waals surface area contributed by atoms with Crippen molar-refractivity contribution in [1.29, 1.82) is 0 Å². The Hall–Kier alpha value is -0.660. The molecule has 0 saturated carbocycles. The van der Waals surface area contributed by atoms with Crippen LogP contribution in [0.5, 0.6) is 0 Å². The SMILES string of the molecule is COC(C)CCc1nc(S(=O)(=O)Cl)n[nH]1. The van der Waals surface area contributed by atoms with Crippen LogP contribution in [-0.2, 0) is 20.2 Å². The highest BCUT2D eigenvalue weighted by Gasteiger charge is 2.16. The van der Waals surface area contributed by atoms with Gasteiger partial charge in [-0.1, -0.05) is 0 Å². The molecule has 8 heteroatoms. The Morgan fingerprint density at radius 3 is 2.73 bits per heavy atom. The van der Waals surface area contributed by atoms with Crippen molar-refractivity contribution in [3.8, 4) is 0 Å². The van der Waals surface area contributed by atoms with Gasteiger partial charge in [-0.05, 0) is 13.3 Å². The first kappa shape index (κ1) is 12.4. The number of aromatic nitrogens is 3. The van der Waals surface area contributed by atoms with Crippen LogP contribution < -0.4 is 0 Å². The molecule has 1 unspecified atom stereocenters. The topological polar surface area (TPSA) is 84.9 Å². The minimum Gasteiger partial charge on any atom is -0.382 e. The summed E-state index contributed by atoms with van der Waals surface area (Å²) in [5.74, 6) is 0.484. The van der Waals surface area contributed by atoms with Crippen molar-refractivity contribution in [2.24, 2.45) is 0 Å². The number of methoxy groups -OCH3 is 1. The molecule has 0 radical (unpaired) electrons. The summed E-state index contributed by atoms with van der Waals surface area (Å²) >= 11 is 0. The average Bonchev–Trinajstić information content (AvgIpc) is 2.61. The first-order valence-electron chi connectivity index (χ1n) is 4.32. The first-order valence-corrected chi connectivity index (χ1v) is 6.63. The van der Waals surface area contributed by atoms with E-state index in [-0.39, 0.29) is 11.3 Å². The van der Waals surface area contributed by atoms with Gasteiger partial charge < -0.3 is 4.74 Å². The average molecular weight is 254 g/mol. The molecule has 0 amide bonds. The lowest BCUT2D eigenvalue weighted by molar-refractivity contribution is 0.111. The fourth-order valence-electron chi connectivity index (χ4n) is 0.956. The van der Waals surface area contributed by atoms with Crippen molar-refractivity contribution in [3.05, 3.63) is 5.82 Å². The number of aryl methyl sites for hydroxylation is 1. The van der Waals surface area contributed by atoms with Crippen LogP contribution in [0, 0.1) is 0 Å². The molecule has 0 aliphatic carbocycles. The van der Waals surface area contributed by atoms with Gasteiger partial charge in [-0.2, -0.15) is 0 Å². The van der Waals surface area contributed by atoms with Crippen molar-refractivity contribution in [3.63, 3.8) is 0 Å². The highest BCUT2D eigenvalue weighted by atomic mass is 35.7. The van der Waals surface area contributed by atoms with Crippen LogP contribution in [0.25, 0.3) is 0 Å². The van der Waals surface area contributed by atoms with Crippen molar-refractivity contribution in [1.82, 2.24) is 15.2 Å². The zero-order chi connectivity index (χ0) is 11.5. The summed E-state index contributed by atoms with van der Waals surface area (Å²) in [6, 6.07) is 0. The molecule has 0 aliphatic heterocycles. The molecule has 1 heterocycles. The largest absolute Gasteiger partial charge is 0.382 e. The third-order valence-corrected chi connectivity index (χ3v) is 2.95. The quantitative estimate of drug-likeness (QED) is 0.781. The van der Waals surface area contributed by atoms with Gasteiger partial charge in [-0.3, -0.25) is 5.10 Å². The summed E-state index contributed by atoms with van der Waals surface area (Å²) in [5, 5.41) is 5.62. The number of halogens is 1. The van der Waals surface area contributed by atoms with E-state index in [0.717, 1.165) is 6.42 Å². The maximum absolute atomic E-state index is 10.8. The molecule has 1 atom stereocenters. The highest BCUT2D eigenvalue weighted by molar-refractivity contribution is 8.13. The van der Waals surface area contributed by atoms with Gasteiger partial charge in [0.15, 0.2) is 0 Å². The zero-order valence-electron chi connectivity index (χ0n) is 8.40. The van der Waals surface area contributed by atoms with E-state index in [2.05, 4.69) is 15.2 Å². The summed E-state index contributed by atoms with van der Waals surface area (Å²) in [7, 11) is 2.84. The summed E-state index contributed by atoms with van der Waals surface area (Å²) in [5.41, 5.74) is 0. The van der Waals surface area contributed by atoms with E-state index >= 15 is 0 Å². The van der Waals surface area contributed by atoms with Crippen molar-refractivity contribution >= 4 is 19.7 Å². The summed E-state index contributed by atoms with van der Waals surface area (Å²) in [6.07, 6.45) is 1.38. The molecule has 15 heavy (non-hydrogen) atoms. The van der Waals surface area contributed by atoms with Crippen LogP contribution in [-0.4, -0.2) is 36.8 Å². The van der Waals surface area contributed by atoms with E-state index in [1.807, 2.05) is 6.92 Å². The Morgan fingerprint density at radius 2 is 2.27 bits per heavy atom. The van der Waals surface area contributed by atoms with Crippen molar-refractivity contribution in [2.45, 2.75) is 31.0 Å². The molecule has 6 nitrogen and oxygen atoms in total. The maximum atomic E-state index is 10.8. The molecule has 86 valence electrons. The van der Waals surface area contributed by atoms with E-state index in [0.29, 0.717) is 12.2 Å². The lowest BCUT2D eigenvalue weighted by atomic mass is 10.2. The third kappa shape index (κ3) is 3.77. The summed E-state index contributed by atoms with van der Waals surface area (Å²) in [6.45, 7) is 1.91. The molecule has 0 fully saturated rings. The number of H-pyrrole nitrogens is 1. The molecule has 1 aromatic heterocycles. The molecular formula is C7H12ClN3O3S. The normalized spacial score (nSPS) is 14.1. The number of hydrogen-bond donors (Lipinski definition) is 1. The third-order valence-electron chi connectivity index (χ3n) is 1.92. The number of aromatic amines is 1. The Bertz CT molecular complexity index is 417. The van der Waals surface area contributed by atoms with E-state index < -0.39 is 9.05 Å². The lowest BCUT2D eigenvalue weighted by Crippen LogP contribution is -2.06. The van der Waals surface area contributed by atoms with Gasteiger partial charge >= 0.3 is 0 Å². The maximum Gasteiger partial charge on any atom is 0.298 e. The van der Waals surface area contributed by atoms with E-state index in [4.69, 9.17) is 15.4 Å². The number of nitrogens with zero attached hydrogens (tertiary/aromatic N) is 2. The second-order valence-electron chi connectivity index (χ2n) is 3.09. The fraction of sp³-hybridized carbons (Fsp3) is 0.714. The zero-order valence-corrected chi connectivity index (χ0v) is 9.97. The number of rotatable bonds is 5. The van der Waals surface area contributed by atoms with Gasteiger partial charge in [0, 0.05) is 24.2 Å². The Kier molecular flexibility index (Phi) is 4.06. The molecule has 1 N–H and O–H groups in total. The van der Waals surface area contributed by atoms with Crippen LogP contribution in [0.3, 0.4) is 0 Å². The van der Waals surface area contributed by atoms with Gasteiger partial charge in [0.25, 0.3) is 14.2 Å². The smallest absolute Gasteiger partial charge is 0.298 e. The predicted molar refractivity (Wildman–Crippen MR) is 54.2 cm³/mol. The van der Waals surface area contributed by atoms with Gasteiger partial charge in [-0.15, -0.1) is 5.10 Å². The summed E-state index contributed by atoms with van der Waals surface area (Å²) in [4.78, 5) is 3.75. The highest BCUT2D eigenvalue weighted by Crippen LogP contribution is 2.09. The Labute approximate surface area is 92.4 Å². The van der Waals surface area contributed by atoms with Crippen LogP contribution in [0.4, 0.5) is 0 Å². The Balaban J connectivity index is 2.62. The second-order valence-corrected chi connectivity index (χ2v) is 5.55. The van der Waals surface area contributed by atoms with Gasteiger partial charge in [0.1, 0.15) is 5.82 Å². The number of hydrogen-bond acceptors (Lipinski definition) is 5. The lowest BCUT2D eigenvalue weighted by Gasteiger charge is -2.06. The number of ether oxygens (including phenoxy) is 1. The van der Waals surface area contributed by atoms with Gasteiger partial charge in [0.05, 0.1) is 6.10 Å². The van der Waals surface area contributed by atoms with Crippen LogP contribution in [0.1, 0.15) is 19.2 Å².